The molecule has 2 saturated heterocycles. The van der Waals surface area contributed by atoms with E-state index in [1.165, 1.54) is 73.3 Å². The van der Waals surface area contributed by atoms with Crippen LogP contribution in [0, 0.1) is 17.8 Å². The van der Waals surface area contributed by atoms with Gasteiger partial charge in [-0.05, 0) is 119 Å². The molecule has 0 saturated carbocycles. The van der Waals surface area contributed by atoms with E-state index in [9.17, 15) is 61.1 Å². The monoisotopic (exact) mass is 1460 g/mol. The van der Waals surface area contributed by atoms with Crippen LogP contribution in [0.25, 0.3) is 0 Å². The van der Waals surface area contributed by atoms with E-state index in [2.05, 4.69) is 26.6 Å². The standard InChI is InChI=1S/C71H107ClF3N13O14/c1-18-44(6)61-69(101)83(13)38-59(92)81(11)39-60(93)85(15)54(35-47-23-28-49(72)29-24-47)67(99)82(12)37-56(89)76-50(30-25-46-21-26-48(27-22-46)71(73,74)75)63(95)77-51(33-42(2)3)65(97)87(17)55(40-102-41-57(90)80-70(8,9)10)68(100)86(16)53(34-43(4)5)64(96)78-52(66(98)88-31-19-20-32-88)36-58(91)84(14)45(7)62(94)79-61/h21-24,26-29,42-45,50-55,61H,18-20,25,30-41H2,1-17H3,(H,76,89)(H,77,95)(H,78,96)(H,79,94)(H,80,90)/t44-,45-,50-,51-,52?,53-,54-,55-,61-/m0/s1. The molecular formula is C71H107ClF3N13O14. The summed E-state index contributed by atoms with van der Waals surface area (Å²) in [7, 11) is 9.09. The maximum Gasteiger partial charge on any atom is 0.416 e. The molecule has 27 nitrogen and oxygen atoms in total. The molecule has 0 spiro atoms. The van der Waals surface area contributed by atoms with Gasteiger partial charge in [-0.2, -0.15) is 13.2 Å². The van der Waals surface area contributed by atoms with E-state index >= 15 is 14.4 Å². The number of amides is 13. The summed E-state index contributed by atoms with van der Waals surface area (Å²) in [6.07, 6.45) is -4.41. The summed E-state index contributed by atoms with van der Waals surface area (Å²) in [5.41, 5.74) is -0.805. The molecule has 2 fully saturated rings. The molecule has 0 aliphatic carbocycles. The number of benzene rings is 2. The molecule has 2 aromatic carbocycles. The number of aryl methyl sites for hydroxylation is 1. The Balaban J connectivity index is 1.93. The number of nitrogens with one attached hydrogen (secondary N) is 5. The summed E-state index contributed by atoms with van der Waals surface area (Å²) in [4.78, 5) is 198. The maximum absolute atomic E-state index is 15.4. The van der Waals surface area contributed by atoms with Gasteiger partial charge < -0.3 is 70.5 Å². The number of rotatable bonds is 16. The number of alkyl halides is 3. The zero-order valence-corrected chi connectivity index (χ0v) is 62.8. The van der Waals surface area contributed by atoms with Gasteiger partial charge >= 0.3 is 6.18 Å². The highest BCUT2D eigenvalue weighted by Gasteiger charge is 2.42. The first kappa shape index (κ1) is 86.0. The van der Waals surface area contributed by atoms with E-state index in [1.807, 2.05) is 0 Å². The van der Waals surface area contributed by atoms with E-state index in [0.29, 0.717) is 48.5 Å². The Morgan fingerprint density at radius 3 is 1.72 bits per heavy atom. The number of likely N-dealkylation sites (tertiary alicyclic amines) is 1. The number of halogens is 4. The molecule has 2 aliphatic rings. The summed E-state index contributed by atoms with van der Waals surface area (Å²) >= 11 is 6.22. The van der Waals surface area contributed by atoms with Crippen LogP contribution in [-0.4, -0.2) is 265 Å². The maximum atomic E-state index is 15.4. The van der Waals surface area contributed by atoms with Gasteiger partial charge in [-0.1, -0.05) is 83.8 Å². The fourth-order valence-corrected chi connectivity index (χ4v) is 11.8. The van der Waals surface area contributed by atoms with Crippen LogP contribution in [0.3, 0.4) is 0 Å². The molecule has 31 heteroatoms. The lowest BCUT2D eigenvalue weighted by Gasteiger charge is -2.37. The minimum atomic E-state index is -4.67. The molecule has 568 valence electrons. The lowest BCUT2D eigenvalue weighted by molar-refractivity contribution is -0.152. The van der Waals surface area contributed by atoms with Gasteiger partial charge in [0.25, 0.3) is 0 Å². The number of nitrogens with zero attached hydrogens (tertiary/aromatic N) is 8. The van der Waals surface area contributed by atoms with Crippen molar-refractivity contribution in [2.24, 2.45) is 17.8 Å². The van der Waals surface area contributed by atoms with E-state index in [-0.39, 0.29) is 43.9 Å². The highest BCUT2D eigenvalue weighted by molar-refractivity contribution is 6.30. The predicted molar refractivity (Wildman–Crippen MR) is 375 cm³/mol. The van der Waals surface area contributed by atoms with E-state index < -0.39 is 188 Å². The second-order valence-corrected chi connectivity index (χ2v) is 29.2. The Morgan fingerprint density at radius 2 is 1.16 bits per heavy atom. The quantitative estimate of drug-likeness (QED) is 0.161. The Bertz CT molecular complexity index is 3280. The van der Waals surface area contributed by atoms with Crippen molar-refractivity contribution in [2.75, 3.05) is 95.3 Å². The van der Waals surface area contributed by atoms with E-state index in [0.717, 1.165) is 46.4 Å². The molecule has 2 aliphatic heterocycles. The van der Waals surface area contributed by atoms with Gasteiger partial charge in [-0.15, -0.1) is 0 Å². The fourth-order valence-electron chi connectivity index (χ4n) is 11.7. The summed E-state index contributed by atoms with van der Waals surface area (Å²) in [5, 5.41) is 14.0. The normalized spacial score (nSPS) is 23.4. The van der Waals surface area contributed by atoms with Crippen molar-refractivity contribution >= 4 is 88.4 Å². The highest BCUT2D eigenvalue weighted by atomic mass is 35.5. The summed E-state index contributed by atoms with van der Waals surface area (Å²) in [5.74, 6) is -11.5. The van der Waals surface area contributed by atoms with Crippen LogP contribution < -0.4 is 26.6 Å². The number of carbonyl (C=O) groups is 13. The molecule has 2 heterocycles. The molecule has 4 rings (SSSR count). The summed E-state index contributed by atoms with van der Waals surface area (Å²) in [6.45, 7) is 14.5. The molecule has 0 radical (unpaired) electrons. The Kier molecular flexibility index (Phi) is 32.7. The zero-order chi connectivity index (χ0) is 77.0. The lowest BCUT2D eigenvalue weighted by atomic mass is 9.97. The fraction of sp³-hybridized carbons (Fsp3) is 0.648. The van der Waals surface area contributed by atoms with Gasteiger partial charge in [0, 0.05) is 79.4 Å². The van der Waals surface area contributed by atoms with Gasteiger partial charge in [0.2, 0.25) is 76.8 Å². The van der Waals surface area contributed by atoms with Crippen molar-refractivity contribution < 1.29 is 80.2 Å². The first-order chi connectivity index (χ1) is 47.5. The van der Waals surface area contributed by atoms with Crippen LogP contribution in [0.4, 0.5) is 13.2 Å². The number of ether oxygens (including phenoxy) is 1. The van der Waals surface area contributed by atoms with Crippen molar-refractivity contribution in [1.82, 2.24) is 65.8 Å². The smallest absolute Gasteiger partial charge is 0.369 e. The predicted octanol–water partition coefficient (Wildman–Crippen LogP) is 3.27. The molecule has 102 heavy (non-hydrogen) atoms. The van der Waals surface area contributed by atoms with Crippen molar-refractivity contribution in [3.05, 3.63) is 70.2 Å². The van der Waals surface area contributed by atoms with Crippen molar-refractivity contribution in [1.29, 1.82) is 0 Å². The second-order valence-electron chi connectivity index (χ2n) is 28.8. The number of hydrogen-bond acceptors (Lipinski definition) is 14. The second kappa shape index (κ2) is 38.7. The van der Waals surface area contributed by atoms with Gasteiger partial charge in [0.15, 0.2) is 0 Å². The van der Waals surface area contributed by atoms with Crippen LogP contribution in [0.5, 0.6) is 0 Å². The third-order valence-corrected chi connectivity index (χ3v) is 18.5. The van der Waals surface area contributed by atoms with Gasteiger partial charge in [-0.3, -0.25) is 62.3 Å². The number of hydrogen-bond donors (Lipinski definition) is 5. The Hall–Kier alpha value is -8.41. The molecule has 9 atom stereocenters. The third-order valence-electron chi connectivity index (χ3n) is 18.2. The van der Waals surface area contributed by atoms with Crippen LogP contribution in [-0.2, 0) is 86.1 Å². The van der Waals surface area contributed by atoms with Crippen molar-refractivity contribution in [2.45, 2.75) is 187 Å². The first-order valence-corrected chi connectivity index (χ1v) is 34.9. The van der Waals surface area contributed by atoms with Crippen LogP contribution in [0.2, 0.25) is 5.02 Å². The number of likely N-dealkylation sites (N-methyl/N-ethyl adjacent to an activating group) is 7. The van der Waals surface area contributed by atoms with Crippen molar-refractivity contribution in [3.63, 3.8) is 0 Å². The van der Waals surface area contributed by atoms with Gasteiger partial charge in [0.05, 0.1) is 38.2 Å². The molecule has 5 N–H and O–H groups in total. The van der Waals surface area contributed by atoms with Gasteiger partial charge in [-0.25, -0.2) is 0 Å². The van der Waals surface area contributed by atoms with Crippen LogP contribution in [0.15, 0.2) is 48.5 Å². The average Bonchev–Trinajstić information content (AvgIpc) is 0.933. The minimum Gasteiger partial charge on any atom is -0.369 e. The molecule has 0 aromatic heterocycles. The molecule has 2 aromatic rings. The minimum absolute atomic E-state index is 0.0463. The van der Waals surface area contributed by atoms with Gasteiger partial charge in [0.1, 0.15) is 54.9 Å². The summed E-state index contributed by atoms with van der Waals surface area (Å²) < 4.78 is 47.0. The van der Waals surface area contributed by atoms with E-state index in [1.54, 1.807) is 86.6 Å². The van der Waals surface area contributed by atoms with Crippen molar-refractivity contribution in [3.8, 4) is 0 Å². The third kappa shape index (κ3) is 25.8. The first-order valence-electron chi connectivity index (χ1n) is 34.5. The van der Waals surface area contributed by atoms with E-state index in [4.69, 9.17) is 16.3 Å². The highest BCUT2D eigenvalue weighted by Crippen LogP contribution is 2.30. The average molecular weight is 1460 g/mol. The molecule has 13 amide bonds. The SMILES string of the molecule is CC[C@H](C)[C@@H]1NC(=O)[C@H](C)N(C)C(=O)CC(C(=O)N2CCCC2)NC(=O)[C@H](CC(C)C)N(C)C(=O)[C@H](COCC(=O)NC(C)(C)C)N(C)C(=O)[C@H](CC(C)C)NC(=O)[C@H](CCc2ccc(C(F)(F)F)cc2)NC(=O)CN(C)C(=O)[C@H](Cc2ccc(Cl)cc2)N(C)C(=O)CN(C)C(=O)CN(C)C1=O. The molecular weight excluding hydrogens is 1350 g/mol. The summed E-state index contributed by atoms with van der Waals surface area (Å²) in [6, 6.07) is -1.11. The Morgan fingerprint density at radius 1 is 0.598 bits per heavy atom. The van der Waals surface area contributed by atoms with Crippen LogP contribution in [0.1, 0.15) is 131 Å². The topological polar surface area (TPSA) is 317 Å². The zero-order valence-electron chi connectivity index (χ0n) is 62.1. The Labute approximate surface area is 602 Å². The number of carbonyl (C=O) groups excluding carboxylic acids is 13. The molecule has 0 bridgehead atoms. The van der Waals surface area contributed by atoms with Crippen LogP contribution >= 0.6 is 11.6 Å². The molecule has 1 unspecified atom stereocenters. The lowest BCUT2D eigenvalue weighted by Crippen LogP contribution is -2.61. The largest absolute Gasteiger partial charge is 0.416 e.